The first-order valence-electron chi connectivity index (χ1n) is 3.52. The molecule has 0 spiro atoms. The van der Waals surface area contributed by atoms with Crippen LogP contribution >= 0.6 is 0 Å². The maximum Gasteiger partial charge on any atom is 0.146 e. The van der Waals surface area contributed by atoms with Gasteiger partial charge in [-0.1, -0.05) is 12.2 Å². The van der Waals surface area contributed by atoms with Crippen molar-refractivity contribution in [2.45, 2.75) is 12.5 Å². The predicted octanol–water partition coefficient (Wildman–Crippen LogP) is -0.871. The van der Waals surface area contributed by atoms with Crippen LogP contribution in [0.25, 0.3) is 0 Å². The van der Waals surface area contributed by atoms with Crippen molar-refractivity contribution in [3.8, 4) is 0 Å². The SMILES string of the molecule is NCCC1=CC(=O)C([O-])C=C1. The van der Waals surface area contributed by atoms with Crippen LogP contribution in [-0.4, -0.2) is 18.4 Å². The van der Waals surface area contributed by atoms with Gasteiger partial charge in [0.05, 0.1) is 0 Å². The molecule has 0 heterocycles. The molecule has 1 atom stereocenters. The van der Waals surface area contributed by atoms with Gasteiger partial charge in [-0.05, 0) is 30.7 Å². The number of ketones is 1. The number of nitrogens with two attached hydrogens (primary N) is 1. The normalized spacial score (nSPS) is 23.6. The van der Waals surface area contributed by atoms with Crippen LogP contribution in [0.15, 0.2) is 23.8 Å². The van der Waals surface area contributed by atoms with Crippen molar-refractivity contribution in [1.82, 2.24) is 0 Å². The van der Waals surface area contributed by atoms with Crippen LogP contribution in [0.5, 0.6) is 0 Å². The molecule has 2 N–H and O–H groups in total. The number of allylic oxidation sites excluding steroid dienone is 1. The van der Waals surface area contributed by atoms with Gasteiger partial charge < -0.3 is 10.8 Å². The molecule has 0 aliphatic heterocycles. The maximum absolute atomic E-state index is 10.8. The zero-order valence-electron chi connectivity index (χ0n) is 6.12. The van der Waals surface area contributed by atoms with Crippen molar-refractivity contribution in [2.75, 3.05) is 6.54 Å². The number of hydrogen-bond donors (Lipinski definition) is 1. The van der Waals surface area contributed by atoms with Gasteiger partial charge in [0.25, 0.3) is 0 Å². The molecule has 3 heteroatoms. The van der Waals surface area contributed by atoms with Gasteiger partial charge in [0.1, 0.15) is 5.78 Å². The highest BCUT2D eigenvalue weighted by Gasteiger charge is 2.06. The molecule has 1 rings (SSSR count). The van der Waals surface area contributed by atoms with E-state index in [4.69, 9.17) is 5.73 Å². The summed E-state index contributed by atoms with van der Waals surface area (Å²) < 4.78 is 0. The first kappa shape index (κ1) is 8.17. The molecule has 0 saturated heterocycles. The van der Waals surface area contributed by atoms with Crippen molar-refractivity contribution >= 4 is 5.78 Å². The molecule has 60 valence electrons. The number of hydrogen-bond acceptors (Lipinski definition) is 3. The molecule has 0 fully saturated rings. The predicted molar refractivity (Wildman–Crippen MR) is 39.7 cm³/mol. The van der Waals surface area contributed by atoms with E-state index in [9.17, 15) is 9.90 Å². The highest BCUT2D eigenvalue weighted by molar-refractivity contribution is 5.96. The van der Waals surface area contributed by atoms with Gasteiger partial charge in [-0.25, -0.2) is 0 Å². The monoisotopic (exact) mass is 152 g/mol. The van der Waals surface area contributed by atoms with Crippen LogP contribution in [0.4, 0.5) is 0 Å². The minimum absolute atomic E-state index is 0.365. The minimum Gasteiger partial charge on any atom is -0.843 e. The summed E-state index contributed by atoms with van der Waals surface area (Å²) in [6, 6.07) is 0. The molecule has 0 aromatic heterocycles. The van der Waals surface area contributed by atoms with Crippen LogP contribution < -0.4 is 10.8 Å². The molecular weight excluding hydrogens is 142 g/mol. The Bertz CT molecular complexity index is 218. The summed E-state index contributed by atoms with van der Waals surface area (Å²) in [4.78, 5) is 10.8. The molecule has 11 heavy (non-hydrogen) atoms. The first-order valence-corrected chi connectivity index (χ1v) is 3.52. The number of carbonyl (C=O) groups is 1. The summed E-state index contributed by atoms with van der Waals surface area (Å²) in [5, 5.41) is 10.7. The van der Waals surface area contributed by atoms with Crippen molar-refractivity contribution in [1.29, 1.82) is 0 Å². The van der Waals surface area contributed by atoms with Crippen molar-refractivity contribution in [3.05, 3.63) is 23.8 Å². The van der Waals surface area contributed by atoms with Crippen LogP contribution in [0.3, 0.4) is 0 Å². The van der Waals surface area contributed by atoms with Crippen LogP contribution in [0.2, 0.25) is 0 Å². The molecule has 1 aliphatic rings. The van der Waals surface area contributed by atoms with E-state index >= 15 is 0 Å². The number of carbonyl (C=O) groups excluding carboxylic acids is 1. The maximum atomic E-state index is 10.8. The largest absolute Gasteiger partial charge is 0.843 e. The Morgan fingerprint density at radius 1 is 1.64 bits per heavy atom. The minimum atomic E-state index is -1.20. The van der Waals surface area contributed by atoms with E-state index in [0.29, 0.717) is 13.0 Å². The summed E-state index contributed by atoms with van der Waals surface area (Å²) in [6.07, 6.45) is 3.88. The molecule has 3 nitrogen and oxygen atoms in total. The summed E-state index contributed by atoms with van der Waals surface area (Å²) >= 11 is 0. The Kier molecular flexibility index (Phi) is 2.57. The van der Waals surface area contributed by atoms with Crippen LogP contribution in [0, 0.1) is 0 Å². The van der Waals surface area contributed by atoms with Crippen LogP contribution in [0.1, 0.15) is 6.42 Å². The van der Waals surface area contributed by atoms with Gasteiger partial charge in [-0.15, -0.1) is 0 Å². The lowest BCUT2D eigenvalue weighted by atomic mass is 10.0. The Labute approximate surface area is 65.2 Å². The zero-order valence-corrected chi connectivity index (χ0v) is 6.12. The summed E-state index contributed by atoms with van der Waals surface area (Å²) in [7, 11) is 0. The van der Waals surface area contributed by atoms with E-state index in [1.165, 1.54) is 12.2 Å². The quantitative estimate of drug-likeness (QED) is 0.559. The zero-order chi connectivity index (χ0) is 8.27. The van der Waals surface area contributed by atoms with E-state index in [-0.39, 0.29) is 5.78 Å². The Balaban J connectivity index is 2.64. The smallest absolute Gasteiger partial charge is 0.146 e. The van der Waals surface area contributed by atoms with Gasteiger partial charge >= 0.3 is 0 Å². The Hall–Kier alpha value is -0.930. The summed E-state index contributed by atoms with van der Waals surface area (Å²) in [6.45, 7) is 0.507. The highest BCUT2D eigenvalue weighted by Crippen LogP contribution is 2.08. The van der Waals surface area contributed by atoms with E-state index in [1.807, 2.05) is 0 Å². The molecule has 0 aromatic rings. The standard InChI is InChI=1S/C8H10NO2/c9-4-3-6-1-2-7(10)8(11)5-6/h1-2,5,7H,3-4,9H2/q-1. The second-order valence-corrected chi connectivity index (χ2v) is 2.44. The van der Waals surface area contributed by atoms with E-state index < -0.39 is 6.10 Å². The average molecular weight is 152 g/mol. The van der Waals surface area contributed by atoms with Crippen molar-refractivity contribution in [2.24, 2.45) is 5.73 Å². The van der Waals surface area contributed by atoms with Crippen LogP contribution in [-0.2, 0) is 4.79 Å². The van der Waals surface area contributed by atoms with Gasteiger partial charge in [0.15, 0.2) is 0 Å². The third-order valence-corrected chi connectivity index (χ3v) is 1.53. The summed E-state index contributed by atoms with van der Waals surface area (Å²) in [5.74, 6) is -0.365. The lowest BCUT2D eigenvalue weighted by Gasteiger charge is -2.18. The molecule has 0 aromatic carbocycles. The molecule has 1 unspecified atom stereocenters. The lowest BCUT2D eigenvalue weighted by Crippen LogP contribution is -2.32. The van der Waals surface area contributed by atoms with E-state index in [1.54, 1.807) is 6.08 Å². The molecule has 0 bridgehead atoms. The molecule has 0 saturated carbocycles. The second kappa shape index (κ2) is 3.46. The average Bonchev–Trinajstić information content (AvgIpc) is 1.98. The number of rotatable bonds is 2. The van der Waals surface area contributed by atoms with Crippen molar-refractivity contribution < 1.29 is 9.90 Å². The molecule has 0 amide bonds. The first-order chi connectivity index (χ1) is 5.24. The molecule has 0 radical (unpaired) electrons. The Morgan fingerprint density at radius 3 is 2.91 bits per heavy atom. The highest BCUT2D eigenvalue weighted by atomic mass is 16.3. The third-order valence-electron chi connectivity index (χ3n) is 1.53. The fraction of sp³-hybridized carbons (Fsp3) is 0.375. The van der Waals surface area contributed by atoms with Gasteiger partial charge in [0.2, 0.25) is 0 Å². The molecule has 1 aliphatic carbocycles. The summed E-state index contributed by atoms with van der Waals surface area (Å²) in [5.41, 5.74) is 6.13. The molecular formula is C8H10NO2-. The fourth-order valence-electron chi connectivity index (χ4n) is 0.941. The lowest BCUT2D eigenvalue weighted by molar-refractivity contribution is -0.386. The van der Waals surface area contributed by atoms with Crippen molar-refractivity contribution in [3.63, 3.8) is 0 Å². The second-order valence-electron chi connectivity index (χ2n) is 2.44. The van der Waals surface area contributed by atoms with Gasteiger partial charge in [-0.3, -0.25) is 4.79 Å². The van der Waals surface area contributed by atoms with E-state index in [2.05, 4.69) is 0 Å². The fourth-order valence-corrected chi connectivity index (χ4v) is 0.941. The van der Waals surface area contributed by atoms with E-state index in [0.717, 1.165) is 5.57 Å². The Morgan fingerprint density at radius 2 is 2.36 bits per heavy atom. The topological polar surface area (TPSA) is 66.2 Å². The van der Waals surface area contributed by atoms with Gasteiger partial charge in [0, 0.05) is 0 Å². The third kappa shape index (κ3) is 2.00. The van der Waals surface area contributed by atoms with Gasteiger partial charge in [-0.2, -0.15) is 0 Å².